The molecule has 0 saturated carbocycles. The van der Waals surface area contributed by atoms with Crippen LogP contribution in [-0.2, 0) is 24.3 Å². The smallest absolute Gasteiger partial charge is 0.309 e. The minimum atomic E-state index is -4.86. The van der Waals surface area contributed by atoms with E-state index >= 15 is 0 Å². The van der Waals surface area contributed by atoms with Crippen LogP contribution in [0.15, 0.2) is 0 Å². The number of carbonyl (C=O) groups is 3. The molecule has 3 saturated heterocycles. The second-order valence-electron chi connectivity index (χ2n) is 6.21. The van der Waals surface area contributed by atoms with Gasteiger partial charge in [-0.05, 0) is 32.2 Å². The Kier molecular flexibility index (Phi) is 4.68. The monoisotopic (exact) mass is 377 g/mol. The van der Waals surface area contributed by atoms with Gasteiger partial charge in [0.25, 0.3) is 11.8 Å². The summed E-state index contributed by atoms with van der Waals surface area (Å²) in [5.74, 6) is 4.36. The van der Waals surface area contributed by atoms with E-state index in [1.54, 1.807) is 0 Å². The van der Waals surface area contributed by atoms with Crippen molar-refractivity contribution in [1.82, 2.24) is 20.3 Å². The van der Waals surface area contributed by atoms with Crippen LogP contribution in [0.3, 0.4) is 0 Å². The van der Waals surface area contributed by atoms with Gasteiger partial charge >= 0.3 is 16.4 Å². The van der Waals surface area contributed by atoms with E-state index in [2.05, 4.69) is 9.60 Å². The van der Waals surface area contributed by atoms with E-state index in [1.807, 2.05) is 0 Å². The van der Waals surface area contributed by atoms with Crippen LogP contribution in [0, 0.1) is 0 Å². The van der Waals surface area contributed by atoms with Crippen molar-refractivity contribution in [3.05, 3.63) is 0 Å². The summed E-state index contributed by atoms with van der Waals surface area (Å²) in [5.41, 5.74) is 0. The summed E-state index contributed by atoms with van der Waals surface area (Å²) in [6, 6.07) is -3.01. The first-order chi connectivity index (χ1) is 11.7. The molecular weight excluding hydrogens is 358 g/mol. The van der Waals surface area contributed by atoms with Crippen molar-refractivity contribution in [2.24, 2.45) is 5.84 Å². The number of hydrogen-bond donors (Lipinski definition) is 3. The number of hydroxylamine groups is 2. The standard InChI is InChI=1S/C12H19N5O7S/c13-16(10(18)8-2-1-5-14-8)11(19)9-4-3-7-6-15(9)12(20)17(7)24-25(21,22)23/h7-9,14H,1-6,13H2,(H,21,22,23)/t7-,8?,9+/m1/s1. The highest BCUT2D eigenvalue weighted by atomic mass is 32.3. The Labute approximate surface area is 143 Å². The molecule has 3 fully saturated rings. The van der Waals surface area contributed by atoms with Crippen molar-refractivity contribution in [2.75, 3.05) is 13.1 Å². The number of imide groups is 1. The van der Waals surface area contributed by atoms with Gasteiger partial charge in [-0.15, -0.1) is 4.28 Å². The normalized spacial score (nSPS) is 29.2. The Morgan fingerprint density at radius 1 is 1.28 bits per heavy atom. The second-order valence-corrected chi connectivity index (χ2v) is 7.21. The van der Waals surface area contributed by atoms with Gasteiger partial charge in [-0.25, -0.2) is 15.6 Å². The molecule has 0 aromatic carbocycles. The predicted molar refractivity (Wildman–Crippen MR) is 80.4 cm³/mol. The molecule has 0 spiro atoms. The van der Waals surface area contributed by atoms with Gasteiger partial charge in [0.1, 0.15) is 6.04 Å². The highest BCUT2D eigenvalue weighted by Gasteiger charge is 2.50. The number of nitrogens with zero attached hydrogens (tertiary/aromatic N) is 3. The van der Waals surface area contributed by atoms with Crippen LogP contribution in [-0.4, -0.2) is 77.0 Å². The van der Waals surface area contributed by atoms with Crippen LogP contribution in [0.25, 0.3) is 0 Å². The topological polar surface area (TPSA) is 163 Å². The van der Waals surface area contributed by atoms with E-state index in [9.17, 15) is 22.8 Å². The number of nitrogens with one attached hydrogen (secondary N) is 1. The van der Waals surface area contributed by atoms with E-state index in [0.717, 1.165) is 11.3 Å². The largest absolute Gasteiger partial charge is 0.418 e. The summed E-state index contributed by atoms with van der Waals surface area (Å²) in [6.45, 7) is 0.699. The summed E-state index contributed by atoms with van der Waals surface area (Å²) in [7, 11) is -4.86. The lowest BCUT2D eigenvalue weighted by Gasteiger charge is -2.31. The Morgan fingerprint density at radius 2 is 2.00 bits per heavy atom. The molecule has 12 nitrogen and oxygen atoms in total. The Hall–Kier alpha value is -1.80. The molecule has 3 rings (SSSR count). The zero-order valence-electron chi connectivity index (χ0n) is 13.2. The second kappa shape index (κ2) is 6.49. The number of carbonyl (C=O) groups excluding carboxylic acids is 3. The number of urea groups is 1. The third-order valence-corrected chi connectivity index (χ3v) is 4.96. The average Bonchev–Trinajstić information content (AvgIpc) is 3.16. The van der Waals surface area contributed by atoms with E-state index in [4.69, 9.17) is 10.4 Å². The molecule has 25 heavy (non-hydrogen) atoms. The Balaban J connectivity index is 1.70. The molecule has 4 N–H and O–H groups in total. The van der Waals surface area contributed by atoms with Crippen molar-refractivity contribution < 1.29 is 31.6 Å². The van der Waals surface area contributed by atoms with Gasteiger partial charge in [0, 0.05) is 6.54 Å². The molecule has 0 aliphatic carbocycles. The van der Waals surface area contributed by atoms with Gasteiger partial charge in [-0.2, -0.15) is 13.5 Å². The van der Waals surface area contributed by atoms with E-state index < -0.39 is 46.4 Å². The Bertz CT molecular complexity index is 692. The number of nitrogens with two attached hydrogens (primary N) is 1. The third-order valence-electron chi connectivity index (χ3n) is 4.62. The molecule has 3 aliphatic rings. The fourth-order valence-electron chi connectivity index (χ4n) is 3.42. The van der Waals surface area contributed by atoms with Crippen LogP contribution in [0.1, 0.15) is 25.7 Å². The van der Waals surface area contributed by atoms with Crippen molar-refractivity contribution in [3.8, 4) is 0 Å². The summed E-state index contributed by atoms with van der Waals surface area (Å²) in [4.78, 5) is 38.2. The van der Waals surface area contributed by atoms with Crippen molar-refractivity contribution >= 4 is 28.2 Å². The van der Waals surface area contributed by atoms with E-state index in [1.165, 1.54) is 0 Å². The lowest BCUT2D eigenvalue weighted by molar-refractivity contribution is -0.149. The molecule has 13 heteroatoms. The fraction of sp³-hybridized carbons (Fsp3) is 0.750. The SMILES string of the molecule is NN(C(=O)C1CCCN1)C(=O)[C@@H]1CC[C@@H]2CN1C(=O)N2OS(=O)(=O)O. The fourth-order valence-corrected chi connectivity index (χ4v) is 3.81. The summed E-state index contributed by atoms with van der Waals surface area (Å²) >= 11 is 0. The van der Waals surface area contributed by atoms with Crippen molar-refractivity contribution in [2.45, 2.75) is 43.8 Å². The van der Waals surface area contributed by atoms with Gasteiger partial charge in [-0.1, -0.05) is 0 Å². The lowest BCUT2D eigenvalue weighted by atomic mass is 10.00. The van der Waals surface area contributed by atoms with Crippen LogP contribution < -0.4 is 11.2 Å². The molecule has 4 amide bonds. The van der Waals surface area contributed by atoms with E-state index in [-0.39, 0.29) is 19.4 Å². The lowest BCUT2D eigenvalue weighted by Crippen LogP contribution is -2.58. The third kappa shape index (κ3) is 3.46. The molecular formula is C12H19N5O7S. The van der Waals surface area contributed by atoms with Crippen molar-refractivity contribution in [1.29, 1.82) is 0 Å². The predicted octanol–water partition coefficient (Wildman–Crippen LogP) is -2.03. The maximum absolute atomic E-state index is 12.6. The molecule has 1 unspecified atom stereocenters. The van der Waals surface area contributed by atoms with Gasteiger partial charge in [0.05, 0.1) is 12.1 Å². The first kappa shape index (κ1) is 18.0. The molecule has 140 valence electrons. The highest BCUT2D eigenvalue weighted by Crippen LogP contribution is 2.31. The zero-order chi connectivity index (χ0) is 18.4. The minimum Gasteiger partial charge on any atom is -0.309 e. The minimum absolute atomic E-state index is 0.0362. The number of piperidine rings is 1. The van der Waals surface area contributed by atoms with Gasteiger partial charge in [0.2, 0.25) is 0 Å². The van der Waals surface area contributed by atoms with Crippen LogP contribution >= 0.6 is 0 Å². The number of rotatable bonds is 4. The summed E-state index contributed by atoms with van der Waals surface area (Å²) < 4.78 is 34.8. The molecule has 2 bridgehead atoms. The molecule has 0 radical (unpaired) electrons. The maximum atomic E-state index is 12.6. The molecule has 0 aromatic rings. The number of hydrazine groups is 1. The number of fused-ring (bicyclic) bond motifs is 2. The Morgan fingerprint density at radius 3 is 2.60 bits per heavy atom. The quantitative estimate of drug-likeness (QED) is 0.165. The molecule has 3 atom stereocenters. The van der Waals surface area contributed by atoms with E-state index in [0.29, 0.717) is 23.0 Å². The first-order valence-electron chi connectivity index (χ1n) is 7.82. The number of amides is 4. The summed E-state index contributed by atoms with van der Waals surface area (Å²) in [5, 5.41) is 4.00. The number of hydrogen-bond acceptors (Lipinski definition) is 8. The van der Waals surface area contributed by atoms with Gasteiger partial charge < -0.3 is 10.2 Å². The highest BCUT2D eigenvalue weighted by molar-refractivity contribution is 7.80. The zero-order valence-corrected chi connectivity index (χ0v) is 14.0. The van der Waals surface area contributed by atoms with Gasteiger partial charge in [-0.3, -0.25) is 14.1 Å². The van der Waals surface area contributed by atoms with Crippen LogP contribution in [0.2, 0.25) is 0 Å². The van der Waals surface area contributed by atoms with Crippen molar-refractivity contribution in [3.63, 3.8) is 0 Å². The average molecular weight is 377 g/mol. The van der Waals surface area contributed by atoms with Crippen LogP contribution in [0.4, 0.5) is 4.79 Å². The molecule has 3 aliphatic heterocycles. The molecule has 0 aromatic heterocycles. The molecule has 3 heterocycles. The van der Waals surface area contributed by atoms with Gasteiger partial charge in [0.15, 0.2) is 0 Å². The first-order valence-corrected chi connectivity index (χ1v) is 9.18. The maximum Gasteiger partial charge on any atom is 0.418 e. The summed E-state index contributed by atoms with van der Waals surface area (Å²) in [6.07, 6.45) is 1.83. The van der Waals surface area contributed by atoms with Crippen LogP contribution in [0.5, 0.6) is 0 Å².